The number of fused-ring (bicyclic) bond motifs is 1. The first-order valence-electron chi connectivity index (χ1n) is 7.36. The number of hydrogen-bond donors (Lipinski definition) is 1. The molecular formula is C15H22N4OS2. The average Bonchev–Trinajstić information content (AvgIpc) is 2.81. The van der Waals surface area contributed by atoms with Crippen LogP contribution in [0, 0.1) is 13.8 Å². The van der Waals surface area contributed by atoms with Gasteiger partial charge in [-0.2, -0.15) is 16.9 Å². The number of nitrogens with zero attached hydrogens (tertiary/aromatic N) is 3. The van der Waals surface area contributed by atoms with Crippen molar-refractivity contribution in [3.63, 3.8) is 0 Å². The van der Waals surface area contributed by atoms with E-state index in [9.17, 15) is 4.79 Å². The fourth-order valence-corrected chi connectivity index (χ4v) is 4.02. The number of thiophene rings is 1. The number of nitrogen functional groups attached to an aromatic ring is 1. The first-order valence-corrected chi connectivity index (χ1v) is 9.47. The highest BCUT2D eigenvalue weighted by molar-refractivity contribution is 7.99. The first-order chi connectivity index (χ1) is 10.5. The zero-order chi connectivity index (χ0) is 16.4. The number of amides is 1. The van der Waals surface area contributed by atoms with E-state index in [0.717, 1.165) is 34.6 Å². The van der Waals surface area contributed by atoms with Crippen LogP contribution in [0.4, 0.5) is 5.69 Å². The third-order valence-corrected chi connectivity index (χ3v) is 5.84. The standard InChI is InChI=1S/C13H16N4OS2.C2H6/c1-6-7(2)15-16-12-9(6)10(14)11(20-12)13(18)17-4-8(5-17)19-3;1-2/h8H,4-5,14H2,1-3H3;1-2H3. The van der Waals surface area contributed by atoms with Crippen molar-refractivity contribution in [1.29, 1.82) is 0 Å². The predicted molar refractivity (Wildman–Crippen MR) is 95.9 cm³/mol. The molecule has 0 atom stereocenters. The monoisotopic (exact) mass is 338 g/mol. The molecule has 2 N–H and O–H groups in total. The van der Waals surface area contributed by atoms with Crippen molar-refractivity contribution >= 4 is 44.9 Å². The van der Waals surface area contributed by atoms with E-state index in [1.165, 1.54) is 11.3 Å². The Bertz CT molecular complexity index is 692. The number of carbonyl (C=O) groups excluding carboxylic acids is 1. The van der Waals surface area contributed by atoms with E-state index in [1.54, 1.807) is 11.8 Å². The van der Waals surface area contributed by atoms with Crippen LogP contribution in [0.5, 0.6) is 0 Å². The first kappa shape index (κ1) is 17.0. The summed E-state index contributed by atoms with van der Waals surface area (Å²) in [7, 11) is 0. The maximum Gasteiger partial charge on any atom is 0.266 e. The molecule has 0 radical (unpaired) electrons. The Balaban J connectivity index is 0.000000847. The van der Waals surface area contributed by atoms with E-state index in [0.29, 0.717) is 15.8 Å². The Morgan fingerprint density at radius 3 is 2.55 bits per heavy atom. The molecule has 1 aliphatic heterocycles. The molecule has 120 valence electrons. The third kappa shape index (κ3) is 2.79. The number of rotatable bonds is 2. The molecule has 0 saturated carbocycles. The van der Waals surface area contributed by atoms with Gasteiger partial charge in [0.2, 0.25) is 0 Å². The van der Waals surface area contributed by atoms with Gasteiger partial charge in [0.1, 0.15) is 9.71 Å². The third-order valence-electron chi connectivity index (χ3n) is 3.80. The average molecular weight is 339 g/mol. The predicted octanol–water partition coefficient (Wildman–Crippen LogP) is 3.10. The van der Waals surface area contributed by atoms with Crippen molar-refractivity contribution < 1.29 is 4.79 Å². The molecule has 0 spiro atoms. The van der Waals surface area contributed by atoms with Gasteiger partial charge in [-0.1, -0.05) is 13.8 Å². The van der Waals surface area contributed by atoms with Gasteiger partial charge in [0, 0.05) is 23.7 Å². The topological polar surface area (TPSA) is 72.1 Å². The van der Waals surface area contributed by atoms with Crippen LogP contribution < -0.4 is 5.73 Å². The molecule has 1 fully saturated rings. The van der Waals surface area contributed by atoms with Crippen LogP contribution >= 0.6 is 23.1 Å². The quantitative estimate of drug-likeness (QED) is 0.911. The van der Waals surface area contributed by atoms with Gasteiger partial charge in [-0.25, -0.2) is 0 Å². The van der Waals surface area contributed by atoms with Crippen LogP contribution in [0.2, 0.25) is 0 Å². The fourth-order valence-electron chi connectivity index (χ4n) is 2.30. The number of aromatic nitrogens is 2. The molecule has 2 aromatic heterocycles. The molecule has 1 saturated heterocycles. The van der Waals surface area contributed by atoms with Crippen LogP contribution in [0.1, 0.15) is 34.8 Å². The number of likely N-dealkylation sites (tertiary alicyclic amines) is 1. The van der Waals surface area contributed by atoms with E-state index in [2.05, 4.69) is 16.5 Å². The largest absolute Gasteiger partial charge is 0.397 e. The molecule has 3 heterocycles. The molecule has 0 aliphatic carbocycles. The summed E-state index contributed by atoms with van der Waals surface area (Å²) in [5.74, 6) is 0.0212. The van der Waals surface area contributed by atoms with E-state index >= 15 is 0 Å². The maximum atomic E-state index is 12.5. The molecule has 0 aromatic carbocycles. The van der Waals surface area contributed by atoms with Crippen LogP contribution in [-0.4, -0.2) is 45.6 Å². The molecular weight excluding hydrogens is 316 g/mol. The van der Waals surface area contributed by atoms with Gasteiger partial charge in [0.05, 0.1) is 11.4 Å². The second-order valence-corrected chi connectivity index (χ2v) is 7.14. The molecule has 22 heavy (non-hydrogen) atoms. The highest BCUT2D eigenvalue weighted by Crippen LogP contribution is 2.36. The number of thioether (sulfide) groups is 1. The minimum Gasteiger partial charge on any atom is -0.397 e. The van der Waals surface area contributed by atoms with Crippen molar-refractivity contribution in [3.8, 4) is 0 Å². The Hall–Kier alpha value is -1.34. The van der Waals surface area contributed by atoms with Gasteiger partial charge in [-0.05, 0) is 25.7 Å². The normalized spacial score (nSPS) is 14.5. The van der Waals surface area contributed by atoms with Gasteiger partial charge in [0.15, 0.2) is 0 Å². The molecule has 1 aliphatic rings. The smallest absolute Gasteiger partial charge is 0.266 e. The summed E-state index contributed by atoms with van der Waals surface area (Å²) >= 11 is 3.14. The highest BCUT2D eigenvalue weighted by Gasteiger charge is 2.33. The molecule has 3 rings (SSSR count). The minimum atomic E-state index is 0.0212. The van der Waals surface area contributed by atoms with Crippen LogP contribution in [0.25, 0.3) is 10.2 Å². The Morgan fingerprint density at radius 2 is 1.95 bits per heavy atom. The number of carbonyl (C=O) groups is 1. The van der Waals surface area contributed by atoms with Crippen molar-refractivity contribution in [2.24, 2.45) is 0 Å². The Kier molecular flexibility index (Phi) is 5.28. The number of aryl methyl sites for hydroxylation is 2. The van der Waals surface area contributed by atoms with Crippen LogP contribution in [0.3, 0.4) is 0 Å². The van der Waals surface area contributed by atoms with Crippen molar-refractivity contribution in [2.45, 2.75) is 32.9 Å². The van der Waals surface area contributed by atoms with E-state index in [4.69, 9.17) is 5.73 Å². The minimum absolute atomic E-state index is 0.0212. The summed E-state index contributed by atoms with van der Waals surface area (Å²) in [4.78, 5) is 15.7. The number of nitrogens with two attached hydrogens (primary N) is 1. The zero-order valence-corrected chi connectivity index (χ0v) is 15.3. The van der Waals surface area contributed by atoms with Crippen LogP contribution in [-0.2, 0) is 0 Å². The molecule has 7 heteroatoms. The lowest BCUT2D eigenvalue weighted by molar-refractivity contribution is 0.0670. The van der Waals surface area contributed by atoms with Gasteiger partial charge >= 0.3 is 0 Å². The van der Waals surface area contributed by atoms with E-state index < -0.39 is 0 Å². The molecule has 0 bridgehead atoms. The number of anilines is 1. The molecule has 1 amide bonds. The maximum absolute atomic E-state index is 12.5. The second-order valence-electron chi connectivity index (χ2n) is 5.00. The van der Waals surface area contributed by atoms with E-state index in [1.807, 2.05) is 32.6 Å². The van der Waals surface area contributed by atoms with Crippen molar-refractivity contribution in [1.82, 2.24) is 15.1 Å². The van der Waals surface area contributed by atoms with Gasteiger partial charge < -0.3 is 10.6 Å². The lowest BCUT2D eigenvalue weighted by Gasteiger charge is -2.38. The van der Waals surface area contributed by atoms with Gasteiger partial charge in [0.25, 0.3) is 5.91 Å². The summed E-state index contributed by atoms with van der Waals surface area (Å²) in [6, 6.07) is 0. The zero-order valence-electron chi connectivity index (χ0n) is 13.6. The summed E-state index contributed by atoms with van der Waals surface area (Å²) < 4.78 is 0. The highest BCUT2D eigenvalue weighted by atomic mass is 32.2. The molecule has 5 nitrogen and oxygen atoms in total. The fraction of sp³-hybridized carbons (Fsp3) is 0.533. The summed E-state index contributed by atoms with van der Waals surface area (Å²) in [5, 5.41) is 9.69. The Morgan fingerprint density at radius 1 is 1.32 bits per heavy atom. The summed E-state index contributed by atoms with van der Waals surface area (Å²) in [6.45, 7) is 9.48. The lowest BCUT2D eigenvalue weighted by atomic mass is 10.1. The lowest BCUT2D eigenvalue weighted by Crippen LogP contribution is -2.51. The van der Waals surface area contributed by atoms with Crippen LogP contribution in [0.15, 0.2) is 0 Å². The summed E-state index contributed by atoms with van der Waals surface area (Å²) in [5.41, 5.74) is 8.60. The Labute approximate surface area is 139 Å². The summed E-state index contributed by atoms with van der Waals surface area (Å²) in [6.07, 6.45) is 2.07. The van der Waals surface area contributed by atoms with Gasteiger partial charge in [-0.3, -0.25) is 4.79 Å². The number of hydrogen-bond acceptors (Lipinski definition) is 6. The van der Waals surface area contributed by atoms with Gasteiger partial charge in [-0.15, -0.1) is 16.4 Å². The van der Waals surface area contributed by atoms with E-state index in [-0.39, 0.29) is 5.91 Å². The molecule has 0 unspecified atom stereocenters. The van der Waals surface area contributed by atoms with Crippen molar-refractivity contribution in [2.75, 3.05) is 25.1 Å². The SMILES string of the molecule is CC.CSC1CN(C(=O)c2sc3nnc(C)c(C)c3c2N)C1. The second kappa shape index (κ2) is 6.83. The molecule has 2 aromatic rings. The van der Waals surface area contributed by atoms with Crippen molar-refractivity contribution in [3.05, 3.63) is 16.1 Å².